The van der Waals surface area contributed by atoms with Gasteiger partial charge in [-0.15, -0.1) is 0 Å². The molecular weight excluding hydrogens is 542 g/mol. The highest BCUT2D eigenvalue weighted by Gasteiger charge is 2.56. The van der Waals surface area contributed by atoms with Crippen LogP contribution >= 0.6 is 0 Å². The number of hydroxylamine groups is 2. The Morgan fingerprint density at radius 2 is 1.74 bits per heavy atom. The van der Waals surface area contributed by atoms with Gasteiger partial charge in [0.1, 0.15) is 6.54 Å². The van der Waals surface area contributed by atoms with Gasteiger partial charge in [-0.25, -0.2) is 15.0 Å². The van der Waals surface area contributed by atoms with Gasteiger partial charge < -0.3 is 10.2 Å². The summed E-state index contributed by atoms with van der Waals surface area (Å²) in [4.78, 5) is 53.0. The number of hydrazone groups is 1. The monoisotopic (exact) mass is 573 g/mol. The lowest BCUT2D eigenvalue weighted by atomic mass is 9.99. The average molecular weight is 574 g/mol. The summed E-state index contributed by atoms with van der Waals surface area (Å²) in [5.74, 6) is -0.655. The number of hydrogen-bond acceptors (Lipinski definition) is 7. The minimum Gasteiger partial charge on any atom is -0.306 e. The van der Waals surface area contributed by atoms with Crippen LogP contribution in [0.1, 0.15) is 30.5 Å². The van der Waals surface area contributed by atoms with E-state index in [-0.39, 0.29) is 5.69 Å². The highest BCUT2D eigenvalue weighted by Crippen LogP contribution is 2.39. The van der Waals surface area contributed by atoms with E-state index in [0.29, 0.717) is 27.6 Å². The lowest BCUT2D eigenvalue weighted by molar-refractivity contribution is -0.384. The highest BCUT2D eigenvalue weighted by atomic mass is 16.6. The van der Waals surface area contributed by atoms with Gasteiger partial charge in [0.15, 0.2) is 6.17 Å². The van der Waals surface area contributed by atoms with Gasteiger partial charge >= 0.3 is 12.1 Å². The van der Waals surface area contributed by atoms with Crippen LogP contribution in [0.15, 0.2) is 77.9 Å². The van der Waals surface area contributed by atoms with Crippen molar-refractivity contribution in [2.75, 3.05) is 16.8 Å². The summed E-state index contributed by atoms with van der Waals surface area (Å²) < 4.78 is 0. The average Bonchev–Trinajstić information content (AvgIpc) is 3.14. The number of urea groups is 2. The summed E-state index contributed by atoms with van der Waals surface area (Å²) in [6, 6.07) is 18.3. The van der Waals surface area contributed by atoms with Crippen molar-refractivity contribution in [3.63, 3.8) is 0 Å². The number of benzene rings is 3. The molecule has 0 aromatic heterocycles. The van der Waals surface area contributed by atoms with Crippen molar-refractivity contribution < 1.29 is 24.5 Å². The summed E-state index contributed by atoms with van der Waals surface area (Å²) in [6.07, 6.45) is 0.0200. The number of nitro groups is 1. The smallest absolute Gasteiger partial charge is 0.306 e. The maximum atomic E-state index is 13.9. The van der Waals surface area contributed by atoms with Crippen LogP contribution in [0.2, 0.25) is 0 Å². The molecule has 13 heteroatoms. The standard InChI is InChI=1S/C29H31N7O6/c1-19-10-5-7-14-23(19)31-27(38)35(40)26-29(3,4)33(28(39)34(26)24-15-8-6-11-20(24)2)18-25(37)32-30-17-21-12-9-13-22(16-21)36(41)42/h5-17,26,40H,18H2,1-4H3,(H,31,38)(H,32,37). The Hall–Kier alpha value is -5.30. The predicted octanol–water partition coefficient (Wildman–Crippen LogP) is 4.63. The van der Waals surface area contributed by atoms with Crippen LogP contribution in [0.5, 0.6) is 0 Å². The predicted molar refractivity (Wildman–Crippen MR) is 156 cm³/mol. The molecule has 5 amide bonds. The number of carbonyl (C=O) groups excluding carboxylic acids is 3. The molecule has 0 bridgehead atoms. The molecule has 42 heavy (non-hydrogen) atoms. The molecule has 1 unspecified atom stereocenters. The van der Waals surface area contributed by atoms with E-state index < -0.39 is 41.1 Å². The number of nitrogens with zero attached hydrogens (tertiary/aromatic N) is 5. The van der Waals surface area contributed by atoms with E-state index in [1.807, 2.05) is 19.1 Å². The molecule has 1 saturated heterocycles. The summed E-state index contributed by atoms with van der Waals surface area (Å²) in [5.41, 5.74) is 3.77. The highest BCUT2D eigenvalue weighted by molar-refractivity contribution is 6.00. The van der Waals surface area contributed by atoms with Gasteiger partial charge in [0.05, 0.1) is 22.4 Å². The van der Waals surface area contributed by atoms with Gasteiger partial charge in [0.25, 0.3) is 11.6 Å². The Balaban J connectivity index is 1.59. The molecule has 218 valence electrons. The number of nitrogens with one attached hydrogen (secondary N) is 2. The van der Waals surface area contributed by atoms with Crippen LogP contribution in [0.3, 0.4) is 0 Å². The van der Waals surface area contributed by atoms with E-state index in [1.165, 1.54) is 34.2 Å². The number of rotatable bonds is 8. The molecule has 0 spiro atoms. The lowest BCUT2D eigenvalue weighted by Gasteiger charge is -2.38. The SMILES string of the molecule is Cc1ccccc1NC(=O)N(O)C1N(c2ccccc2C)C(=O)N(CC(=O)NN=Cc2cccc([N+](=O)[O-])c2)C1(C)C. The largest absolute Gasteiger partial charge is 0.347 e. The van der Waals surface area contributed by atoms with E-state index in [1.54, 1.807) is 63.2 Å². The molecule has 3 aromatic rings. The maximum Gasteiger partial charge on any atom is 0.347 e. The summed E-state index contributed by atoms with van der Waals surface area (Å²) >= 11 is 0. The van der Waals surface area contributed by atoms with Crippen molar-refractivity contribution in [1.29, 1.82) is 0 Å². The van der Waals surface area contributed by atoms with Crippen molar-refractivity contribution in [2.45, 2.75) is 39.4 Å². The second-order valence-corrected chi connectivity index (χ2v) is 10.3. The van der Waals surface area contributed by atoms with Crippen LogP contribution in [0.4, 0.5) is 26.7 Å². The first kappa shape index (κ1) is 29.7. The third-order valence-corrected chi connectivity index (χ3v) is 7.00. The normalized spacial score (nSPS) is 16.0. The minimum atomic E-state index is -1.27. The molecule has 0 saturated carbocycles. The minimum absolute atomic E-state index is 0.128. The molecule has 1 fully saturated rings. The van der Waals surface area contributed by atoms with Gasteiger partial charge in [-0.3, -0.25) is 25.0 Å². The Bertz CT molecular complexity index is 1560. The van der Waals surface area contributed by atoms with Crippen LogP contribution in [-0.2, 0) is 4.79 Å². The molecule has 13 nitrogen and oxygen atoms in total. The molecule has 1 aliphatic heterocycles. The molecule has 1 aliphatic rings. The van der Waals surface area contributed by atoms with E-state index in [2.05, 4.69) is 15.8 Å². The first-order valence-electron chi connectivity index (χ1n) is 13.0. The molecule has 0 radical (unpaired) electrons. The molecule has 1 atom stereocenters. The Morgan fingerprint density at radius 3 is 2.40 bits per heavy atom. The molecule has 3 N–H and O–H groups in total. The Labute approximate surface area is 242 Å². The van der Waals surface area contributed by atoms with E-state index in [9.17, 15) is 29.7 Å². The zero-order valence-corrected chi connectivity index (χ0v) is 23.5. The van der Waals surface area contributed by atoms with Crippen LogP contribution in [0.25, 0.3) is 0 Å². The molecular formula is C29H31N7O6. The number of aryl methyl sites for hydroxylation is 2. The fourth-order valence-electron chi connectivity index (χ4n) is 4.76. The third kappa shape index (κ3) is 6.05. The van der Waals surface area contributed by atoms with Gasteiger partial charge in [-0.2, -0.15) is 10.2 Å². The fourth-order valence-corrected chi connectivity index (χ4v) is 4.76. The summed E-state index contributed by atoms with van der Waals surface area (Å²) in [6.45, 7) is 6.42. The number of carbonyl (C=O) groups is 3. The van der Waals surface area contributed by atoms with E-state index in [0.717, 1.165) is 5.56 Å². The van der Waals surface area contributed by atoms with E-state index >= 15 is 0 Å². The topological polar surface area (TPSA) is 161 Å². The van der Waals surface area contributed by atoms with Gasteiger partial charge in [0, 0.05) is 23.4 Å². The Morgan fingerprint density at radius 1 is 1.07 bits per heavy atom. The lowest BCUT2D eigenvalue weighted by Crippen LogP contribution is -2.58. The third-order valence-electron chi connectivity index (χ3n) is 7.00. The molecule has 1 heterocycles. The second kappa shape index (κ2) is 12.1. The van der Waals surface area contributed by atoms with Gasteiger partial charge in [0.2, 0.25) is 0 Å². The quantitative estimate of drug-likeness (QED) is 0.154. The van der Waals surface area contributed by atoms with Crippen molar-refractivity contribution in [3.05, 3.63) is 99.6 Å². The Kier molecular flexibility index (Phi) is 8.52. The van der Waals surface area contributed by atoms with E-state index in [4.69, 9.17) is 0 Å². The molecule has 0 aliphatic carbocycles. The number of anilines is 2. The number of para-hydroxylation sites is 2. The second-order valence-electron chi connectivity index (χ2n) is 10.3. The zero-order chi connectivity index (χ0) is 30.6. The van der Waals surface area contributed by atoms with Crippen molar-refractivity contribution in [3.8, 4) is 0 Å². The number of nitro benzene ring substituents is 1. The van der Waals surface area contributed by atoms with Gasteiger partial charge in [-0.05, 0) is 51.0 Å². The summed E-state index contributed by atoms with van der Waals surface area (Å²) in [5, 5.41) is 29.3. The number of hydrogen-bond donors (Lipinski definition) is 3. The number of non-ortho nitro benzene ring substituents is 1. The van der Waals surface area contributed by atoms with Crippen molar-refractivity contribution in [1.82, 2.24) is 15.4 Å². The fraction of sp³-hybridized carbons (Fsp3) is 0.241. The van der Waals surface area contributed by atoms with Crippen LogP contribution in [0, 0.1) is 24.0 Å². The first-order valence-corrected chi connectivity index (χ1v) is 13.0. The molecule has 3 aromatic carbocycles. The summed E-state index contributed by atoms with van der Waals surface area (Å²) in [7, 11) is 0. The van der Waals surface area contributed by atoms with Crippen molar-refractivity contribution in [2.24, 2.45) is 5.10 Å². The maximum absolute atomic E-state index is 13.9. The van der Waals surface area contributed by atoms with Crippen LogP contribution in [-0.4, -0.2) is 62.5 Å². The zero-order valence-electron chi connectivity index (χ0n) is 23.5. The van der Waals surface area contributed by atoms with Crippen molar-refractivity contribution >= 4 is 41.2 Å². The number of amides is 5. The van der Waals surface area contributed by atoms with Crippen LogP contribution < -0.4 is 15.6 Å². The van der Waals surface area contributed by atoms with Gasteiger partial charge in [-0.1, -0.05) is 48.5 Å². The molecule has 4 rings (SSSR count). The first-order chi connectivity index (χ1) is 19.9.